The summed E-state index contributed by atoms with van der Waals surface area (Å²) in [4.78, 5) is 10.7. The summed E-state index contributed by atoms with van der Waals surface area (Å²) < 4.78 is 13.1. The fraction of sp³-hybridized carbons (Fsp3) is 0.417. The molecule has 0 spiro atoms. The zero-order valence-electron chi connectivity index (χ0n) is 8.53. The second-order valence-corrected chi connectivity index (χ2v) is 4.23. The van der Waals surface area contributed by atoms with E-state index in [-0.39, 0.29) is 24.1 Å². The van der Waals surface area contributed by atoms with E-state index in [2.05, 4.69) is 0 Å². The lowest BCUT2D eigenvalue weighted by atomic mass is 9.91. The van der Waals surface area contributed by atoms with Crippen LogP contribution < -0.4 is 0 Å². The molecule has 1 aromatic rings. The van der Waals surface area contributed by atoms with Crippen LogP contribution in [0.1, 0.15) is 30.4 Å². The van der Waals surface area contributed by atoms with Gasteiger partial charge in [0.1, 0.15) is 5.82 Å². The molecule has 2 unspecified atom stereocenters. The Balaban J connectivity index is 2.35. The number of rotatable bonds is 2. The second-order valence-electron chi connectivity index (χ2n) is 4.23. The van der Waals surface area contributed by atoms with Gasteiger partial charge in [0.2, 0.25) is 0 Å². The molecular weight excluding hydrogens is 195 g/mol. The van der Waals surface area contributed by atoms with Gasteiger partial charge in [0.25, 0.3) is 0 Å². The summed E-state index contributed by atoms with van der Waals surface area (Å²) in [5, 5.41) is 8.79. The molecule has 15 heavy (non-hydrogen) atoms. The van der Waals surface area contributed by atoms with Gasteiger partial charge in [0.15, 0.2) is 0 Å². The van der Waals surface area contributed by atoms with E-state index >= 15 is 0 Å². The molecular formula is C12H13FO2. The summed E-state index contributed by atoms with van der Waals surface area (Å²) in [5.41, 5.74) is 1.97. The highest BCUT2D eigenvalue weighted by Gasteiger charge is 2.31. The number of carbonyl (C=O) groups is 1. The summed E-state index contributed by atoms with van der Waals surface area (Å²) in [5.74, 6) is -0.840. The highest BCUT2D eigenvalue weighted by molar-refractivity contribution is 5.68. The normalized spacial score (nSPS) is 23.9. The average molecular weight is 208 g/mol. The Morgan fingerprint density at radius 1 is 1.60 bits per heavy atom. The summed E-state index contributed by atoms with van der Waals surface area (Å²) in [6.45, 7) is 2.02. The average Bonchev–Trinajstić information content (AvgIpc) is 2.43. The SMILES string of the molecule is CC1Cc2ccc(F)cc2C1CC(=O)O. The molecule has 0 saturated carbocycles. The van der Waals surface area contributed by atoms with E-state index in [1.54, 1.807) is 6.07 Å². The van der Waals surface area contributed by atoms with Crippen LogP contribution in [0.4, 0.5) is 4.39 Å². The van der Waals surface area contributed by atoms with Crippen molar-refractivity contribution in [1.82, 2.24) is 0 Å². The lowest BCUT2D eigenvalue weighted by molar-refractivity contribution is -0.137. The number of halogens is 1. The van der Waals surface area contributed by atoms with Crippen molar-refractivity contribution in [3.05, 3.63) is 35.1 Å². The van der Waals surface area contributed by atoms with Gasteiger partial charge in [-0.2, -0.15) is 0 Å². The molecule has 0 radical (unpaired) electrons. The Morgan fingerprint density at radius 3 is 3.00 bits per heavy atom. The minimum Gasteiger partial charge on any atom is -0.481 e. The third kappa shape index (κ3) is 1.87. The van der Waals surface area contributed by atoms with Crippen LogP contribution in [0.25, 0.3) is 0 Å². The molecule has 0 amide bonds. The molecule has 2 atom stereocenters. The zero-order chi connectivity index (χ0) is 11.0. The monoisotopic (exact) mass is 208 g/mol. The highest BCUT2D eigenvalue weighted by atomic mass is 19.1. The van der Waals surface area contributed by atoms with E-state index in [1.807, 2.05) is 6.92 Å². The first-order valence-electron chi connectivity index (χ1n) is 5.08. The Labute approximate surface area is 87.7 Å². The molecule has 2 rings (SSSR count). The summed E-state index contributed by atoms with van der Waals surface area (Å²) in [6.07, 6.45) is 0.950. The fourth-order valence-electron chi connectivity index (χ4n) is 2.39. The molecule has 0 saturated heterocycles. The van der Waals surface area contributed by atoms with Gasteiger partial charge in [0, 0.05) is 0 Å². The molecule has 1 N–H and O–H groups in total. The van der Waals surface area contributed by atoms with Crippen molar-refractivity contribution in [3.8, 4) is 0 Å². The third-order valence-electron chi connectivity index (χ3n) is 3.13. The van der Waals surface area contributed by atoms with E-state index in [0.717, 1.165) is 17.5 Å². The minimum atomic E-state index is -0.816. The van der Waals surface area contributed by atoms with Crippen LogP contribution in [0.3, 0.4) is 0 Å². The molecule has 0 aliphatic heterocycles. The van der Waals surface area contributed by atoms with Gasteiger partial charge in [-0.25, -0.2) is 4.39 Å². The Morgan fingerprint density at radius 2 is 2.33 bits per heavy atom. The maximum atomic E-state index is 13.1. The van der Waals surface area contributed by atoms with Gasteiger partial charge >= 0.3 is 5.97 Å². The van der Waals surface area contributed by atoms with E-state index < -0.39 is 5.97 Å². The topological polar surface area (TPSA) is 37.3 Å². The predicted octanol–water partition coefficient (Wildman–Crippen LogP) is 2.58. The summed E-state index contributed by atoms with van der Waals surface area (Å²) >= 11 is 0. The van der Waals surface area contributed by atoms with Crippen LogP contribution in [-0.2, 0) is 11.2 Å². The number of benzene rings is 1. The van der Waals surface area contributed by atoms with Crippen molar-refractivity contribution in [2.24, 2.45) is 5.92 Å². The van der Waals surface area contributed by atoms with E-state index in [4.69, 9.17) is 5.11 Å². The van der Waals surface area contributed by atoms with Crippen LogP contribution in [0.2, 0.25) is 0 Å². The largest absolute Gasteiger partial charge is 0.481 e. The van der Waals surface area contributed by atoms with Gasteiger partial charge in [-0.1, -0.05) is 13.0 Å². The fourth-order valence-corrected chi connectivity index (χ4v) is 2.39. The predicted molar refractivity (Wildman–Crippen MR) is 54.3 cm³/mol. The number of carboxylic acid groups (broad SMARTS) is 1. The Hall–Kier alpha value is -1.38. The molecule has 0 bridgehead atoms. The summed E-state index contributed by atoms with van der Waals surface area (Å²) in [6, 6.07) is 4.68. The standard InChI is InChI=1S/C12H13FO2/c1-7-4-8-2-3-9(13)5-11(8)10(7)6-12(14)15/h2-3,5,7,10H,4,6H2,1H3,(H,14,15). The van der Waals surface area contributed by atoms with Crippen LogP contribution >= 0.6 is 0 Å². The van der Waals surface area contributed by atoms with Crippen molar-refractivity contribution < 1.29 is 14.3 Å². The molecule has 1 aromatic carbocycles. The number of hydrogen-bond donors (Lipinski definition) is 1. The van der Waals surface area contributed by atoms with E-state index in [9.17, 15) is 9.18 Å². The molecule has 0 aromatic heterocycles. The first kappa shape index (κ1) is 10.1. The first-order valence-corrected chi connectivity index (χ1v) is 5.08. The quantitative estimate of drug-likeness (QED) is 0.811. The van der Waals surface area contributed by atoms with E-state index in [1.165, 1.54) is 12.1 Å². The zero-order valence-corrected chi connectivity index (χ0v) is 8.53. The molecule has 80 valence electrons. The third-order valence-corrected chi connectivity index (χ3v) is 3.13. The van der Waals surface area contributed by atoms with Gasteiger partial charge in [0.05, 0.1) is 6.42 Å². The molecule has 1 aliphatic rings. The molecule has 1 aliphatic carbocycles. The summed E-state index contributed by atoms with van der Waals surface area (Å²) in [7, 11) is 0. The minimum absolute atomic E-state index is 0.0341. The maximum Gasteiger partial charge on any atom is 0.303 e. The van der Waals surface area contributed by atoms with Crippen LogP contribution in [0, 0.1) is 11.7 Å². The maximum absolute atomic E-state index is 13.1. The molecule has 0 heterocycles. The number of aliphatic carboxylic acids is 1. The van der Waals surface area contributed by atoms with Crippen molar-refractivity contribution in [1.29, 1.82) is 0 Å². The number of carboxylic acids is 1. The Bertz CT molecular complexity index is 401. The van der Waals surface area contributed by atoms with Gasteiger partial charge in [-0.3, -0.25) is 4.79 Å². The molecule has 2 nitrogen and oxygen atoms in total. The van der Waals surface area contributed by atoms with Gasteiger partial charge in [-0.05, 0) is 41.5 Å². The lowest BCUT2D eigenvalue weighted by Crippen LogP contribution is -2.09. The lowest BCUT2D eigenvalue weighted by Gasteiger charge is -2.13. The number of fused-ring (bicyclic) bond motifs is 1. The number of hydrogen-bond acceptors (Lipinski definition) is 1. The Kier molecular flexibility index (Phi) is 2.47. The highest BCUT2D eigenvalue weighted by Crippen LogP contribution is 2.40. The van der Waals surface area contributed by atoms with Crippen molar-refractivity contribution >= 4 is 5.97 Å². The van der Waals surface area contributed by atoms with E-state index in [0.29, 0.717) is 0 Å². The van der Waals surface area contributed by atoms with Gasteiger partial charge < -0.3 is 5.11 Å². The van der Waals surface area contributed by atoms with Crippen molar-refractivity contribution in [2.75, 3.05) is 0 Å². The molecule has 3 heteroatoms. The van der Waals surface area contributed by atoms with Crippen LogP contribution in [0.15, 0.2) is 18.2 Å². The molecule has 0 fully saturated rings. The smallest absolute Gasteiger partial charge is 0.303 e. The van der Waals surface area contributed by atoms with Crippen LogP contribution in [-0.4, -0.2) is 11.1 Å². The van der Waals surface area contributed by atoms with Crippen molar-refractivity contribution in [2.45, 2.75) is 25.7 Å². The van der Waals surface area contributed by atoms with Crippen molar-refractivity contribution in [3.63, 3.8) is 0 Å². The van der Waals surface area contributed by atoms with Gasteiger partial charge in [-0.15, -0.1) is 0 Å². The first-order chi connectivity index (χ1) is 7.08. The second kappa shape index (κ2) is 3.65. The van der Waals surface area contributed by atoms with Crippen LogP contribution in [0.5, 0.6) is 0 Å².